The fourth-order valence-electron chi connectivity index (χ4n) is 1.92. The minimum atomic E-state index is -3.54. The molecule has 1 aromatic rings. The number of anilines is 1. The van der Waals surface area contributed by atoms with Crippen LogP contribution in [0.2, 0.25) is 0 Å². The first-order chi connectivity index (χ1) is 8.90. The molecule has 0 aliphatic carbocycles. The van der Waals surface area contributed by atoms with E-state index in [4.69, 9.17) is 5.73 Å². The summed E-state index contributed by atoms with van der Waals surface area (Å²) in [5.74, 6) is 1.11. The summed E-state index contributed by atoms with van der Waals surface area (Å²) in [5.41, 5.74) is 6.17. The molecule has 8 heteroatoms. The molecule has 0 radical (unpaired) electrons. The minimum Gasteiger partial charge on any atom is -0.399 e. The van der Waals surface area contributed by atoms with Gasteiger partial charge in [-0.1, -0.05) is 0 Å². The zero-order valence-electron chi connectivity index (χ0n) is 10.0. The van der Waals surface area contributed by atoms with E-state index in [1.807, 2.05) is 11.8 Å². The van der Waals surface area contributed by atoms with Crippen molar-refractivity contribution in [2.45, 2.75) is 23.0 Å². The molecule has 4 nitrogen and oxygen atoms in total. The van der Waals surface area contributed by atoms with Gasteiger partial charge >= 0.3 is 0 Å². The van der Waals surface area contributed by atoms with Gasteiger partial charge in [0.2, 0.25) is 10.0 Å². The zero-order valence-corrected chi connectivity index (χ0v) is 14.8. The van der Waals surface area contributed by atoms with Crippen LogP contribution in [-0.4, -0.2) is 26.0 Å². The highest BCUT2D eigenvalue weighted by Gasteiger charge is 2.24. The van der Waals surface area contributed by atoms with Crippen molar-refractivity contribution in [3.8, 4) is 0 Å². The first kappa shape index (κ1) is 15.6. The molecule has 1 saturated heterocycles. The van der Waals surface area contributed by atoms with E-state index in [2.05, 4.69) is 36.6 Å². The Kier molecular flexibility index (Phi) is 5.21. The van der Waals surface area contributed by atoms with Gasteiger partial charge in [-0.25, -0.2) is 13.1 Å². The predicted molar refractivity (Wildman–Crippen MR) is 86.9 cm³/mol. The van der Waals surface area contributed by atoms with Gasteiger partial charge in [0, 0.05) is 26.4 Å². The van der Waals surface area contributed by atoms with Crippen LogP contribution in [0.3, 0.4) is 0 Å². The molecule has 1 unspecified atom stereocenters. The Balaban J connectivity index is 2.19. The Labute approximate surface area is 134 Å². The van der Waals surface area contributed by atoms with E-state index in [-0.39, 0.29) is 4.90 Å². The van der Waals surface area contributed by atoms with Crippen LogP contribution in [0, 0.1) is 0 Å². The van der Waals surface area contributed by atoms with Gasteiger partial charge in [0.25, 0.3) is 0 Å². The lowest BCUT2D eigenvalue weighted by Gasteiger charge is -2.13. The van der Waals surface area contributed by atoms with E-state index in [1.165, 1.54) is 0 Å². The van der Waals surface area contributed by atoms with Gasteiger partial charge < -0.3 is 5.73 Å². The average molecular weight is 430 g/mol. The fourth-order valence-corrected chi connectivity index (χ4v) is 6.92. The zero-order chi connectivity index (χ0) is 14.0. The van der Waals surface area contributed by atoms with Crippen molar-refractivity contribution >= 4 is 59.3 Å². The highest BCUT2D eigenvalue weighted by molar-refractivity contribution is 9.11. The van der Waals surface area contributed by atoms with E-state index >= 15 is 0 Å². The Hall–Kier alpha value is 0.240. The van der Waals surface area contributed by atoms with E-state index in [9.17, 15) is 8.42 Å². The number of halogens is 2. The third-order valence-electron chi connectivity index (χ3n) is 2.81. The standard InChI is InChI=1S/C11H14Br2N2O2S2/c12-9-4-7(14)5-10(13)11(9)19(16,17)15-6-8-2-1-3-18-8/h4-5,8,15H,1-3,6,14H2. The topological polar surface area (TPSA) is 72.2 Å². The number of thioether (sulfide) groups is 1. The van der Waals surface area contributed by atoms with Gasteiger partial charge in [0.1, 0.15) is 4.90 Å². The number of nitrogens with one attached hydrogen (secondary N) is 1. The van der Waals surface area contributed by atoms with Crippen molar-refractivity contribution in [2.75, 3.05) is 18.0 Å². The lowest BCUT2D eigenvalue weighted by Crippen LogP contribution is -2.30. The summed E-state index contributed by atoms with van der Waals surface area (Å²) in [6.07, 6.45) is 2.23. The van der Waals surface area contributed by atoms with Gasteiger partial charge in [0.15, 0.2) is 0 Å². The molecule has 1 aliphatic rings. The summed E-state index contributed by atoms with van der Waals surface area (Å²) < 4.78 is 28.2. The molecule has 0 spiro atoms. The Morgan fingerprint density at radius 2 is 2.00 bits per heavy atom. The van der Waals surface area contributed by atoms with Crippen molar-refractivity contribution in [1.82, 2.24) is 4.72 Å². The maximum Gasteiger partial charge on any atom is 0.242 e. The van der Waals surface area contributed by atoms with Crippen LogP contribution >= 0.6 is 43.6 Å². The molecular weight excluding hydrogens is 416 g/mol. The van der Waals surface area contributed by atoms with Crippen LogP contribution in [0.5, 0.6) is 0 Å². The molecule has 0 bridgehead atoms. The molecule has 1 fully saturated rings. The quantitative estimate of drug-likeness (QED) is 0.721. The maximum absolute atomic E-state index is 12.3. The molecule has 3 N–H and O–H groups in total. The largest absolute Gasteiger partial charge is 0.399 e. The van der Waals surface area contributed by atoms with E-state index in [0.29, 0.717) is 26.4 Å². The van der Waals surface area contributed by atoms with Crippen molar-refractivity contribution < 1.29 is 8.42 Å². The second kappa shape index (κ2) is 6.34. The van der Waals surface area contributed by atoms with Gasteiger partial charge in [-0.15, -0.1) is 0 Å². The molecule has 1 heterocycles. The maximum atomic E-state index is 12.3. The van der Waals surface area contributed by atoms with E-state index in [0.717, 1.165) is 18.6 Å². The number of sulfonamides is 1. The number of rotatable bonds is 4. The summed E-state index contributed by atoms with van der Waals surface area (Å²) in [4.78, 5) is 0.199. The summed E-state index contributed by atoms with van der Waals surface area (Å²) in [6, 6.07) is 3.17. The third-order valence-corrected chi connectivity index (χ3v) is 7.51. The molecule has 1 aromatic carbocycles. The summed E-state index contributed by atoms with van der Waals surface area (Å²) in [5, 5.41) is 0.376. The lowest BCUT2D eigenvalue weighted by molar-refractivity contribution is 0.578. The molecule has 19 heavy (non-hydrogen) atoms. The van der Waals surface area contributed by atoms with E-state index < -0.39 is 10.0 Å². The number of hydrogen-bond donors (Lipinski definition) is 2. The highest BCUT2D eigenvalue weighted by atomic mass is 79.9. The van der Waals surface area contributed by atoms with Crippen LogP contribution in [0.1, 0.15) is 12.8 Å². The molecule has 1 atom stereocenters. The first-order valence-electron chi connectivity index (χ1n) is 5.76. The number of nitrogens with two attached hydrogens (primary N) is 1. The molecule has 0 aromatic heterocycles. The summed E-state index contributed by atoms with van der Waals surface area (Å²) >= 11 is 8.32. The number of nitrogen functional groups attached to an aromatic ring is 1. The van der Waals surface area contributed by atoms with E-state index in [1.54, 1.807) is 12.1 Å². The highest BCUT2D eigenvalue weighted by Crippen LogP contribution is 2.32. The molecular formula is C11H14Br2N2O2S2. The van der Waals surface area contributed by atoms with Gasteiger partial charge in [0.05, 0.1) is 0 Å². The molecule has 0 amide bonds. The monoisotopic (exact) mass is 428 g/mol. The van der Waals surface area contributed by atoms with Gasteiger partial charge in [-0.3, -0.25) is 0 Å². The summed E-state index contributed by atoms with van der Waals surface area (Å²) in [7, 11) is -3.54. The summed E-state index contributed by atoms with van der Waals surface area (Å²) in [6.45, 7) is 0.469. The smallest absolute Gasteiger partial charge is 0.242 e. The lowest BCUT2D eigenvalue weighted by atomic mass is 10.2. The molecule has 0 saturated carbocycles. The molecule has 106 valence electrons. The van der Waals surface area contributed by atoms with Gasteiger partial charge in [-0.05, 0) is 62.6 Å². The van der Waals surface area contributed by atoms with Crippen LogP contribution in [0.4, 0.5) is 5.69 Å². The predicted octanol–water partition coefficient (Wildman–Crippen LogP) is 2.97. The van der Waals surface area contributed by atoms with Crippen LogP contribution in [-0.2, 0) is 10.0 Å². The molecule has 2 rings (SSSR count). The van der Waals surface area contributed by atoms with Crippen molar-refractivity contribution in [1.29, 1.82) is 0 Å². The second-order valence-corrected chi connectivity index (χ2v) is 9.12. The third kappa shape index (κ3) is 3.87. The Bertz CT molecular complexity index is 549. The number of benzene rings is 1. The van der Waals surface area contributed by atoms with Crippen molar-refractivity contribution in [2.24, 2.45) is 0 Å². The normalized spacial score (nSPS) is 19.8. The second-order valence-electron chi connectivity index (χ2n) is 4.30. The van der Waals surface area contributed by atoms with Gasteiger partial charge in [-0.2, -0.15) is 11.8 Å². The average Bonchev–Trinajstić information content (AvgIpc) is 2.77. The Morgan fingerprint density at radius 1 is 1.37 bits per heavy atom. The molecule has 1 aliphatic heterocycles. The van der Waals surface area contributed by atoms with Crippen molar-refractivity contribution in [3.05, 3.63) is 21.1 Å². The SMILES string of the molecule is Nc1cc(Br)c(S(=O)(=O)NCC2CCCS2)c(Br)c1. The Morgan fingerprint density at radius 3 is 2.53 bits per heavy atom. The fraction of sp³-hybridized carbons (Fsp3) is 0.455. The first-order valence-corrected chi connectivity index (χ1v) is 9.88. The van der Waals surface area contributed by atoms with Crippen LogP contribution in [0.15, 0.2) is 26.0 Å². The number of hydrogen-bond acceptors (Lipinski definition) is 4. The van der Waals surface area contributed by atoms with Crippen molar-refractivity contribution in [3.63, 3.8) is 0 Å². The van der Waals surface area contributed by atoms with Crippen LogP contribution < -0.4 is 10.5 Å². The van der Waals surface area contributed by atoms with Crippen LogP contribution in [0.25, 0.3) is 0 Å². The minimum absolute atomic E-state index is 0.199.